The van der Waals surface area contributed by atoms with E-state index in [1.54, 1.807) is 0 Å². The van der Waals surface area contributed by atoms with Gasteiger partial charge in [0.2, 0.25) is 0 Å². The van der Waals surface area contributed by atoms with Crippen LogP contribution in [0.4, 0.5) is 0 Å². The van der Waals surface area contributed by atoms with Gasteiger partial charge in [0, 0.05) is 22.6 Å². The van der Waals surface area contributed by atoms with Gasteiger partial charge in [0.25, 0.3) is 0 Å². The summed E-state index contributed by atoms with van der Waals surface area (Å²) >= 11 is 1.98. The molecule has 0 fully saturated rings. The Morgan fingerprint density at radius 3 is 1.72 bits per heavy atom. The molecule has 0 radical (unpaired) electrons. The number of thioether (sulfide) groups is 1. The summed E-state index contributed by atoms with van der Waals surface area (Å²) in [6.07, 6.45) is 0. The SMILES string of the molecule is CCS[C@@H](C)c1ccccc1.[C-]#[O+].[C-]#[O+].[C-]#[O+].[Cr]. The third-order valence-corrected chi connectivity index (χ3v) is 2.79. The van der Waals surface area contributed by atoms with Gasteiger partial charge in [0.15, 0.2) is 0 Å². The summed E-state index contributed by atoms with van der Waals surface area (Å²) in [6, 6.07) is 10.6. The summed E-state index contributed by atoms with van der Waals surface area (Å²) in [7, 11) is 0. The van der Waals surface area contributed by atoms with Gasteiger partial charge in [-0.05, 0) is 18.2 Å². The van der Waals surface area contributed by atoms with Crippen LogP contribution in [0.3, 0.4) is 0 Å². The normalized spacial score (nSPS) is 8.22. The molecular weight excluding hydrogens is 288 g/mol. The Morgan fingerprint density at radius 2 is 1.39 bits per heavy atom. The zero-order valence-electron chi connectivity index (χ0n) is 10.2. The molecule has 0 N–H and O–H groups in total. The maximum Gasteiger partial charge on any atom is 0 e. The van der Waals surface area contributed by atoms with Gasteiger partial charge in [-0.15, -0.1) is 0 Å². The molecular formula is C13H14CrO3S. The van der Waals surface area contributed by atoms with E-state index in [0.717, 1.165) is 0 Å². The second-order valence-electron chi connectivity index (χ2n) is 2.51. The molecule has 0 aromatic heterocycles. The number of hydrogen-bond donors (Lipinski definition) is 0. The maximum absolute atomic E-state index is 7.50. The number of benzene rings is 1. The summed E-state index contributed by atoms with van der Waals surface area (Å²) in [5.41, 5.74) is 1.43. The van der Waals surface area contributed by atoms with Gasteiger partial charge >= 0.3 is 33.9 Å². The van der Waals surface area contributed by atoms with Gasteiger partial charge in [0.05, 0.1) is 0 Å². The van der Waals surface area contributed by atoms with E-state index in [9.17, 15) is 0 Å². The van der Waals surface area contributed by atoms with Crippen LogP contribution in [0.15, 0.2) is 30.3 Å². The van der Waals surface area contributed by atoms with Crippen molar-refractivity contribution < 1.29 is 31.3 Å². The molecule has 0 amide bonds. The van der Waals surface area contributed by atoms with Gasteiger partial charge in [-0.3, -0.25) is 0 Å². The zero-order chi connectivity index (χ0) is 14.1. The van der Waals surface area contributed by atoms with E-state index in [2.05, 4.69) is 64.1 Å². The van der Waals surface area contributed by atoms with Crippen LogP contribution in [0.1, 0.15) is 24.7 Å². The molecule has 0 heterocycles. The fourth-order valence-corrected chi connectivity index (χ4v) is 1.92. The van der Waals surface area contributed by atoms with Crippen molar-refractivity contribution in [2.24, 2.45) is 0 Å². The van der Waals surface area contributed by atoms with E-state index in [1.807, 2.05) is 11.8 Å². The molecule has 0 unspecified atom stereocenters. The molecule has 1 aromatic rings. The van der Waals surface area contributed by atoms with Crippen LogP contribution in [0.25, 0.3) is 0 Å². The van der Waals surface area contributed by atoms with E-state index in [4.69, 9.17) is 14.0 Å². The van der Waals surface area contributed by atoms with Crippen LogP contribution in [0, 0.1) is 20.0 Å². The third kappa shape index (κ3) is 15.3. The molecule has 0 aliphatic heterocycles. The molecule has 3 nitrogen and oxygen atoms in total. The van der Waals surface area contributed by atoms with Crippen LogP contribution < -0.4 is 0 Å². The third-order valence-electron chi connectivity index (χ3n) is 1.69. The molecule has 18 heavy (non-hydrogen) atoms. The second kappa shape index (κ2) is 25.2. The molecule has 1 aromatic carbocycles. The molecule has 5 heteroatoms. The van der Waals surface area contributed by atoms with Crippen molar-refractivity contribution >= 4 is 11.8 Å². The number of hydrogen-bond acceptors (Lipinski definition) is 1. The van der Waals surface area contributed by atoms with Crippen molar-refractivity contribution in [3.8, 4) is 0 Å². The van der Waals surface area contributed by atoms with Crippen molar-refractivity contribution in [2.45, 2.75) is 19.1 Å². The van der Waals surface area contributed by atoms with Crippen LogP contribution in [0.2, 0.25) is 0 Å². The van der Waals surface area contributed by atoms with Crippen LogP contribution in [0.5, 0.6) is 0 Å². The second-order valence-corrected chi connectivity index (χ2v) is 4.13. The van der Waals surface area contributed by atoms with E-state index >= 15 is 0 Å². The molecule has 1 rings (SSSR count). The first kappa shape index (κ1) is 26.0. The first-order valence-corrected chi connectivity index (χ1v) is 5.67. The predicted molar refractivity (Wildman–Crippen MR) is 64.8 cm³/mol. The molecule has 0 aliphatic carbocycles. The van der Waals surface area contributed by atoms with Crippen molar-refractivity contribution in [2.75, 3.05) is 5.75 Å². The maximum atomic E-state index is 7.50. The van der Waals surface area contributed by atoms with E-state index < -0.39 is 0 Å². The quantitative estimate of drug-likeness (QED) is 0.623. The minimum atomic E-state index is 0. The van der Waals surface area contributed by atoms with Gasteiger partial charge in [-0.1, -0.05) is 37.3 Å². The topological polar surface area (TPSA) is 59.7 Å². The van der Waals surface area contributed by atoms with Gasteiger partial charge < -0.3 is 0 Å². The van der Waals surface area contributed by atoms with E-state index in [-0.39, 0.29) is 17.4 Å². The van der Waals surface area contributed by atoms with Crippen LogP contribution in [-0.4, -0.2) is 5.75 Å². The average molecular weight is 302 g/mol. The fourth-order valence-electron chi connectivity index (χ4n) is 1.07. The van der Waals surface area contributed by atoms with Crippen LogP contribution >= 0.6 is 11.8 Å². The average Bonchev–Trinajstić information content (AvgIpc) is 2.46. The Kier molecular flexibility index (Phi) is 36.5. The van der Waals surface area contributed by atoms with E-state index in [1.165, 1.54) is 11.3 Å². The van der Waals surface area contributed by atoms with Gasteiger partial charge in [-0.2, -0.15) is 11.8 Å². The standard InChI is InChI=1S/C10H14S.3CO.Cr/c1-3-11-9(2)10-7-5-4-6-8-10;3*1-2;/h4-9H,3H2,1-2H3;;;;/t9-;;;;/m0..../s1. The summed E-state index contributed by atoms with van der Waals surface area (Å²) in [5, 5.41) is 0.640. The largest absolute Gasteiger partial charge is 0 e. The molecule has 1 atom stereocenters. The Hall–Kier alpha value is -0.678. The molecule has 0 spiro atoms. The van der Waals surface area contributed by atoms with Crippen molar-refractivity contribution in [3.05, 3.63) is 55.8 Å². The fraction of sp³-hybridized carbons (Fsp3) is 0.308. The number of rotatable bonds is 3. The minimum Gasteiger partial charge on any atom is 0 e. The first-order chi connectivity index (χ1) is 8.34. The van der Waals surface area contributed by atoms with Crippen molar-refractivity contribution in [1.82, 2.24) is 0 Å². The van der Waals surface area contributed by atoms with Gasteiger partial charge in [-0.25, -0.2) is 0 Å². The Balaban J connectivity index is -0.000000123. The molecule has 0 saturated heterocycles. The van der Waals surface area contributed by atoms with Gasteiger partial charge in [0.1, 0.15) is 0 Å². The Bertz CT molecular complexity index is 295. The predicted octanol–water partition coefficient (Wildman–Crippen LogP) is 3.39. The summed E-state index contributed by atoms with van der Waals surface area (Å²) in [4.78, 5) is 0. The summed E-state index contributed by atoms with van der Waals surface area (Å²) in [5.74, 6) is 1.19. The molecule has 0 bridgehead atoms. The first-order valence-electron chi connectivity index (χ1n) is 4.62. The van der Waals surface area contributed by atoms with Crippen molar-refractivity contribution in [3.63, 3.8) is 0 Å². The van der Waals surface area contributed by atoms with Crippen molar-refractivity contribution in [1.29, 1.82) is 0 Å². The van der Waals surface area contributed by atoms with Crippen LogP contribution in [-0.2, 0) is 31.3 Å². The zero-order valence-corrected chi connectivity index (χ0v) is 12.3. The minimum absolute atomic E-state index is 0. The molecule has 0 saturated carbocycles. The molecule has 0 aliphatic rings. The Labute approximate surface area is 124 Å². The Morgan fingerprint density at radius 1 is 1.00 bits per heavy atom. The van der Waals surface area contributed by atoms with E-state index in [0.29, 0.717) is 5.25 Å². The smallest absolute Gasteiger partial charge is 0 e. The summed E-state index contributed by atoms with van der Waals surface area (Å²) < 4.78 is 22.5. The monoisotopic (exact) mass is 302 g/mol. The molecule has 96 valence electrons. The summed E-state index contributed by atoms with van der Waals surface area (Å²) in [6.45, 7) is 18.0.